The number of rotatable bonds is 2. The first kappa shape index (κ1) is 6.66. The van der Waals surface area contributed by atoms with Gasteiger partial charge in [0.25, 0.3) is 0 Å². The van der Waals surface area contributed by atoms with Crippen molar-refractivity contribution < 1.29 is 5.11 Å². The largest absolute Gasteiger partial charge is 0.516 e. The highest BCUT2D eigenvalue weighted by molar-refractivity contribution is 4.79. The fourth-order valence-corrected chi connectivity index (χ4v) is 1.50. The number of aliphatic hydroxyl groups is 1. The van der Waals surface area contributed by atoms with Crippen LogP contribution in [0.15, 0.2) is 12.3 Å². The maximum atomic E-state index is 8.35. The van der Waals surface area contributed by atoms with Crippen LogP contribution in [0.4, 0.5) is 0 Å². The van der Waals surface area contributed by atoms with E-state index in [1.807, 2.05) is 6.08 Å². The van der Waals surface area contributed by atoms with Crippen molar-refractivity contribution in [3.8, 4) is 0 Å². The van der Waals surface area contributed by atoms with Gasteiger partial charge in [-0.3, -0.25) is 0 Å². The van der Waals surface area contributed by atoms with Crippen LogP contribution in [0.1, 0.15) is 32.1 Å². The normalized spacial score (nSPS) is 21.8. The second-order valence-corrected chi connectivity index (χ2v) is 2.77. The van der Waals surface area contributed by atoms with E-state index < -0.39 is 0 Å². The van der Waals surface area contributed by atoms with Gasteiger partial charge in [-0.25, -0.2) is 0 Å². The van der Waals surface area contributed by atoms with Gasteiger partial charge in [-0.1, -0.05) is 25.7 Å². The Balaban J connectivity index is 2.11. The predicted octanol–water partition coefficient (Wildman–Crippen LogP) is 2.64. The van der Waals surface area contributed by atoms with Crippen LogP contribution in [0.3, 0.4) is 0 Å². The van der Waals surface area contributed by atoms with E-state index in [1.165, 1.54) is 31.9 Å². The van der Waals surface area contributed by atoms with Gasteiger partial charge in [-0.15, -0.1) is 0 Å². The van der Waals surface area contributed by atoms with Crippen molar-refractivity contribution in [3.63, 3.8) is 0 Å². The fourth-order valence-electron chi connectivity index (χ4n) is 1.50. The highest BCUT2D eigenvalue weighted by Gasteiger charge is 2.12. The van der Waals surface area contributed by atoms with Crippen LogP contribution in [0.25, 0.3) is 0 Å². The minimum atomic E-state index is 0.869. The minimum Gasteiger partial charge on any atom is -0.516 e. The van der Waals surface area contributed by atoms with Crippen LogP contribution in [0.5, 0.6) is 0 Å². The Morgan fingerprint density at radius 3 is 2.56 bits per heavy atom. The molecular weight excluding hydrogens is 112 g/mol. The molecule has 1 nitrogen and oxygen atoms in total. The topological polar surface area (TPSA) is 20.2 Å². The number of hydrogen-bond acceptors (Lipinski definition) is 1. The molecule has 1 rings (SSSR count). The minimum absolute atomic E-state index is 0.869. The van der Waals surface area contributed by atoms with Crippen molar-refractivity contribution in [1.29, 1.82) is 0 Å². The lowest BCUT2D eigenvalue weighted by Gasteiger charge is -2.01. The summed E-state index contributed by atoms with van der Waals surface area (Å²) in [4.78, 5) is 0. The Bertz CT molecular complexity index is 90.7. The predicted molar refractivity (Wildman–Crippen MR) is 38.3 cm³/mol. The molecule has 0 aromatic heterocycles. The SMILES string of the molecule is OC=CCC1CCCC1. The van der Waals surface area contributed by atoms with E-state index in [0.29, 0.717) is 0 Å². The average molecular weight is 126 g/mol. The molecule has 0 aromatic carbocycles. The summed E-state index contributed by atoms with van der Waals surface area (Å²) in [6.07, 6.45) is 9.62. The second-order valence-electron chi connectivity index (χ2n) is 2.77. The molecule has 0 heterocycles. The number of hydrogen-bond donors (Lipinski definition) is 1. The lowest BCUT2D eigenvalue weighted by molar-refractivity contribution is 0.463. The molecule has 0 radical (unpaired) electrons. The van der Waals surface area contributed by atoms with Gasteiger partial charge in [0.15, 0.2) is 0 Å². The zero-order valence-electron chi connectivity index (χ0n) is 5.71. The van der Waals surface area contributed by atoms with Crippen LogP contribution >= 0.6 is 0 Å². The standard InChI is InChI=1S/C8H14O/c9-7-3-6-8-4-1-2-5-8/h3,7-9H,1-2,4-6H2. The molecule has 0 bridgehead atoms. The van der Waals surface area contributed by atoms with E-state index >= 15 is 0 Å². The Morgan fingerprint density at radius 2 is 2.00 bits per heavy atom. The van der Waals surface area contributed by atoms with Gasteiger partial charge >= 0.3 is 0 Å². The van der Waals surface area contributed by atoms with Gasteiger partial charge in [0.2, 0.25) is 0 Å². The summed E-state index contributed by atoms with van der Waals surface area (Å²) >= 11 is 0. The van der Waals surface area contributed by atoms with Gasteiger partial charge in [-0.2, -0.15) is 0 Å². The molecule has 1 saturated carbocycles. The summed E-state index contributed by atoms with van der Waals surface area (Å²) < 4.78 is 0. The third-order valence-electron chi connectivity index (χ3n) is 2.05. The van der Waals surface area contributed by atoms with E-state index in [9.17, 15) is 0 Å². The van der Waals surface area contributed by atoms with Gasteiger partial charge in [0.1, 0.15) is 0 Å². The highest BCUT2D eigenvalue weighted by Crippen LogP contribution is 2.27. The van der Waals surface area contributed by atoms with Crippen molar-refractivity contribution in [2.24, 2.45) is 5.92 Å². The molecule has 0 spiro atoms. The molecule has 1 fully saturated rings. The van der Waals surface area contributed by atoms with Crippen LogP contribution in [-0.4, -0.2) is 5.11 Å². The first-order valence-corrected chi connectivity index (χ1v) is 3.72. The summed E-state index contributed by atoms with van der Waals surface area (Å²) in [5.41, 5.74) is 0. The van der Waals surface area contributed by atoms with Gasteiger partial charge in [-0.05, 0) is 18.4 Å². The quantitative estimate of drug-likeness (QED) is 0.564. The maximum absolute atomic E-state index is 8.35. The molecule has 0 unspecified atom stereocenters. The smallest absolute Gasteiger partial charge is 0.0751 e. The van der Waals surface area contributed by atoms with Crippen LogP contribution in [-0.2, 0) is 0 Å². The fraction of sp³-hybridized carbons (Fsp3) is 0.750. The lowest BCUT2D eigenvalue weighted by Crippen LogP contribution is -1.88. The molecule has 0 aromatic rings. The molecular formula is C8H14O. The lowest BCUT2D eigenvalue weighted by atomic mass is 10.0. The molecule has 1 N–H and O–H groups in total. The Labute approximate surface area is 56.4 Å². The molecule has 0 amide bonds. The summed E-state index contributed by atoms with van der Waals surface area (Å²) in [6, 6.07) is 0. The Kier molecular flexibility index (Phi) is 2.62. The molecule has 52 valence electrons. The van der Waals surface area contributed by atoms with Crippen molar-refractivity contribution in [3.05, 3.63) is 12.3 Å². The van der Waals surface area contributed by atoms with Crippen molar-refractivity contribution in [1.82, 2.24) is 0 Å². The summed E-state index contributed by atoms with van der Waals surface area (Å²) in [6.45, 7) is 0. The molecule has 1 aliphatic rings. The first-order chi connectivity index (χ1) is 4.43. The van der Waals surface area contributed by atoms with Gasteiger partial charge < -0.3 is 5.11 Å². The molecule has 1 aliphatic carbocycles. The van der Waals surface area contributed by atoms with E-state index in [2.05, 4.69) is 0 Å². The van der Waals surface area contributed by atoms with Crippen LogP contribution < -0.4 is 0 Å². The monoisotopic (exact) mass is 126 g/mol. The van der Waals surface area contributed by atoms with E-state index in [1.54, 1.807) is 0 Å². The zero-order chi connectivity index (χ0) is 6.53. The number of aliphatic hydroxyl groups excluding tert-OH is 1. The second kappa shape index (κ2) is 3.54. The summed E-state index contributed by atoms with van der Waals surface area (Å²) in [5, 5.41) is 8.35. The third kappa shape index (κ3) is 2.08. The Morgan fingerprint density at radius 1 is 1.33 bits per heavy atom. The third-order valence-corrected chi connectivity index (χ3v) is 2.05. The zero-order valence-corrected chi connectivity index (χ0v) is 5.71. The molecule has 9 heavy (non-hydrogen) atoms. The van der Waals surface area contributed by atoms with Crippen molar-refractivity contribution in [2.45, 2.75) is 32.1 Å². The molecule has 1 heteroatoms. The summed E-state index contributed by atoms with van der Waals surface area (Å²) in [5.74, 6) is 0.869. The highest BCUT2D eigenvalue weighted by atomic mass is 16.2. The maximum Gasteiger partial charge on any atom is 0.0751 e. The van der Waals surface area contributed by atoms with Gasteiger partial charge in [0, 0.05) is 0 Å². The summed E-state index contributed by atoms with van der Waals surface area (Å²) in [7, 11) is 0. The van der Waals surface area contributed by atoms with Crippen LogP contribution in [0.2, 0.25) is 0 Å². The Hall–Kier alpha value is -0.460. The molecule has 0 saturated heterocycles. The van der Waals surface area contributed by atoms with Gasteiger partial charge in [0.05, 0.1) is 6.26 Å². The van der Waals surface area contributed by atoms with Crippen LogP contribution in [0, 0.1) is 5.92 Å². The van der Waals surface area contributed by atoms with E-state index in [-0.39, 0.29) is 0 Å². The van der Waals surface area contributed by atoms with Crippen molar-refractivity contribution >= 4 is 0 Å². The van der Waals surface area contributed by atoms with E-state index in [0.717, 1.165) is 12.3 Å². The molecule has 0 aliphatic heterocycles. The number of allylic oxidation sites excluding steroid dienone is 1. The first-order valence-electron chi connectivity index (χ1n) is 3.72. The molecule has 0 atom stereocenters. The average Bonchev–Trinajstić information content (AvgIpc) is 2.34. The van der Waals surface area contributed by atoms with E-state index in [4.69, 9.17) is 5.11 Å². The van der Waals surface area contributed by atoms with Crippen molar-refractivity contribution in [2.75, 3.05) is 0 Å².